The molecular weight excluding hydrogens is 240 g/mol. The van der Waals surface area contributed by atoms with Crippen LogP contribution < -0.4 is 5.73 Å². The maximum Gasteiger partial charge on any atom is 0.0346 e. The first-order valence-corrected chi connectivity index (χ1v) is 7.18. The molecule has 2 nitrogen and oxygen atoms in total. The molecule has 0 saturated heterocycles. The summed E-state index contributed by atoms with van der Waals surface area (Å²) in [5.74, 6) is 0. The second-order valence-electron chi connectivity index (χ2n) is 4.62. The topological polar surface area (TPSA) is 29.3 Å². The molecule has 2 N–H and O–H groups in total. The molecule has 0 aliphatic heterocycles. The average Bonchev–Trinajstić information content (AvgIpc) is 2.84. The van der Waals surface area contributed by atoms with Gasteiger partial charge in [0.05, 0.1) is 0 Å². The number of para-hydroxylation sites is 1. The first-order chi connectivity index (χ1) is 8.75. The number of hydrogen-bond donors (Lipinski definition) is 1. The molecule has 2 rings (SSSR count). The SMILES string of the molecule is CN(CCCc1ccccc1N)Cc1cccs1. The molecule has 0 radical (unpaired) electrons. The highest BCUT2D eigenvalue weighted by molar-refractivity contribution is 7.09. The normalized spacial score (nSPS) is 11.0. The van der Waals surface area contributed by atoms with Crippen molar-refractivity contribution in [2.45, 2.75) is 19.4 Å². The van der Waals surface area contributed by atoms with Crippen LogP contribution >= 0.6 is 11.3 Å². The van der Waals surface area contributed by atoms with Crippen molar-refractivity contribution in [3.63, 3.8) is 0 Å². The van der Waals surface area contributed by atoms with Crippen molar-refractivity contribution in [1.29, 1.82) is 0 Å². The fraction of sp³-hybridized carbons (Fsp3) is 0.333. The van der Waals surface area contributed by atoms with E-state index in [0.717, 1.165) is 31.6 Å². The minimum absolute atomic E-state index is 0.915. The lowest BCUT2D eigenvalue weighted by Gasteiger charge is -2.15. The number of anilines is 1. The second kappa shape index (κ2) is 6.57. The molecule has 0 atom stereocenters. The van der Waals surface area contributed by atoms with Crippen LogP contribution in [0, 0.1) is 0 Å². The first kappa shape index (κ1) is 13.1. The molecule has 0 saturated carbocycles. The maximum absolute atomic E-state index is 5.94. The van der Waals surface area contributed by atoms with Gasteiger partial charge in [-0.2, -0.15) is 0 Å². The number of aryl methyl sites for hydroxylation is 1. The molecule has 0 spiro atoms. The molecule has 0 fully saturated rings. The number of rotatable bonds is 6. The Morgan fingerprint density at radius 3 is 2.72 bits per heavy atom. The first-order valence-electron chi connectivity index (χ1n) is 6.30. The van der Waals surface area contributed by atoms with Crippen molar-refractivity contribution in [2.24, 2.45) is 0 Å². The van der Waals surface area contributed by atoms with Gasteiger partial charge in [-0.15, -0.1) is 11.3 Å². The summed E-state index contributed by atoms with van der Waals surface area (Å²) in [6, 6.07) is 12.4. The van der Waals surface area contributed by atoms with E-state index in [1.165, 1.54) is 10.4 Å². The standard InChI is InChI=1S/C15H20N2S/c1-17(12-14-8-5-11-18-14)10-4-7-13-6-2-3-9-15(13)16/h2-3,5-6,8-9,11H,4,7,10,12,16H2,1H3. The van der Waals surface area contributed by atoms with E-state index in [2.05, 4.69) is 41.6 Å². The molecular formula is C15H20N2S. The van der Waals surface area contributed by atoms with Gasteiger partial charge < -0.3 is 10.6 Å². The van der Waals surface area contributed by atoms with E-state index < -0.39 is 0 Å². The molecule has 3 heteroatoms. The van der Waals surface area contributed by atoms with Gasteiger partial charge in [0.1, 0.15) is 0 Å². The summed E-state index contributed by atoms with van der Waals surface area (Å²) in [7, 11) is 2.17. The van der Waals surface area contributed by atoms with Crippen LogP contribution in [0.25, 0.3) is 0 Å². The number of nitrogens with two attached hydrogens (primary N) is 1. The molecule has 0 bridgehead atoms. The molecule has 18 heavy (non-hydrogen) atoms. The number of nitrogens with zero attached hydrogens (tertiary/aromatic N) is 1. The van der Waals surface area contributed by atoms with Crippen LogP contribution in [-0.2, 0) is 13.0 Å². The van der Waals surface area contributed by atoms with Crippen molar-refractivity contribution in [3.05, 3.63) is 52.2 Å². The summed E-state index contributed by atoms with van der Waals surface area (Å²) in [5.41, 5.74) is 8.12. The van der Waals surface area contributed by atoms with E-state index in [0.29, 0.717) is 0 Å². The lowest BCUT2D eigenvalue weighted by Crippen LogP contribution is -2.19. The highest BCUT2D eigenvalue weighted by atomic mass is 32.1. The van der Waals surface area contributed by atoms with Crippen molar-refractivity contribution in [1.82, 2.24) is 4.90 Å². The Balaban J connectivity index is 1.74. The van der Waals surface area contributed by atoms with Gasteiger partial charge in [-0.25, -0.2) is 0 Å². The summed E-state index contributed by atoms with van der Waals surface area (Å²) < 4.78 is 0. The van der Waals surface area contributed by atoms with Crippen molar-refractivity contribution >= 4 is 17.0 Å². The van der Waals surface area contributed by atoms with E-state index in [1.54, 1.807) is 0 Å². The summed E-state index contributed by atoms with van der Waals surface area (Å²) >= 11 is 1.82. The quantitative estimate of drug-likeness (QED) is 0.807. The van der Waals surface area contributed by atoms with Crippen LogP contribution in [0.5, 0.6) is 0 Å². The van der Waals surface area contributed by atoms with E-state index in [9.17, 15) is 0 Å². The van der Waals surface area contributed by atoms with Gasteiger partial charge in [0, 0.05) is 17.1 Å². The van der Waals surface area contributed by atoms with Crippen LogP contribution in [0.4, 0.5) is 5.69 Å². The van der Waals surface area contributed by atoms with Crippen LogP contribution in [0.15, 0.2) is 41.8 Å². The number of benzene rings is 1. The van der Waals surface area contributed by atoms with Gasteiger partial charge >= 0.3 is 0 Å². The highest BCUT2D eigenvalue weighted by Gasteiger charge is 2.02. The lowest BCUT2D eigenvalue weighted by atomic mass is 10.1. The monoisotopic (exact) mass is 260 g/mol. The predicted molar refractivity (Wildman–Crippen MR) is 79.8 cm³/mol. The van der Waals surface area contributed by atoms with Crippen molar-refractivity contribution in [2.75, 3.05) is 19.3 Å². The predicted octanol–water partition coefficient (Wildman–Crippen LogP) is 3.39. The van der Waals surface area contributed by atoms with Gasteiger partial charge in [0.2, 0.25) is 0 Å². The zero-order valence-electron chi connectivity index (χ0n) is 10.8. The van der Waals surface area contributed by atoms with E-state index in [4.69, 9.17) is 5.73 Å². The van der Waals surface area contributed by atoms with E-state index >= 15 is 0 Å². The Bertz CT molecular complexity index is 465. The van der Waals surface area contributed by atoms with Gasteiger partial charge in [0.15, 0.2) is 0 Å². The summed E-state index contributed by atoms with van der Waals surface area (Å²) in [6.45, 7) is 2.15. The molecule has 0 aliphatic carbocycles. The van der Waals surface area contributed by atoms with Crippen molar-refractivity contribution in [3.8, 4) is 0 Å². The van der Waals surface area contributed by atoms with Gasteiger partial charge in [-0.1, -0.05) is 24.3 Å². The number of nitrogen functional groups attached to an aromatic ring is 1. The summed E-state index contributed by atoms with van der Waals surface area (Å²) in [5, 5.41) is 2.13. The highest BCUT2D eigenvalue weighted by Crippen LogP contribution is 2.14. The van der Waals surface area contributed by atoms with Gasteiger partial charge in [-0.3, -0.25) is 0 Å². The second-order valence-corrected chi connectivity index (χ2v) is 5.65. The maximum atomic E-state index is 5.94. The molecule has 1 aromatic heterocycles. The molecule has 0 amide bonds. The smallest absolute Gasteiger partial charge is 0.0346 e. The van der Waals surface area contributed by atoms with Gasteiger partial charge in [0.25, 0.3) is 0 Å². The third-order valence-electron chi connectivity index (χ3n) is 3.05. The Morgan fingerprint density at radius 2 is 2.00 bits per heavy atom. The van der Waals surface area contributed by atoms with Gasteiger partial charge in [-0.05, 0) is 49.5 Å². The lowest BCUT2D eigenvalue weighted by molar-refractivity contribution is 0.325. The Kier molecular flexibility index (Phi) is 4.79. The minimum atomic E-state index is 0.915. The molecule has 1 aromatic carbocycles. The average molecular weight is 260 g/mol. The molecule has 1 heterocycles. The Labute approximate surface area is 113 Å². The summed E-state index contributed by atoms with van der Waals surface area (Å²) in [6.07, 6.45) is 2.21. The van der Waals surface area contributed by atoms with Crippen molar-refractivity contribution < 1.29 is 0 Å². The molecule has 96 valence electrons. The third kappa shape index (κ3) is 3.86. The van der Waals surface area contributed by atoms with E-state index in [-0.39, 0.29) is 0 Å². The van der Waals surface area contributed by atoms with Crippen LogP contribution in [0.1, 0.15) is 16.9 Å². The zero-order valence-corrected chi connectivity index (χ0v) is 11.6. The van der Waals surface area contributed by atoms with E-state index in [1.807, 2.05) is 23.5 Å². The number of hydrogen-bond acceptors (Lipinski definition) is 3. The minimum Gasteiger partial charge on any atom is -0.399 e. The summed E-state index contributed by atoms with van der Waals surface area (Å²) in [4.78, 5) is 3.79. The largest absolute Gasteiger partial charge is 0.399 e. The molecule has 0 unspecified atom stereocenters. The Hall–Kier alpha value is -1.32. The fourth-order valence-electron chi connectivity index (χ4n) is 2.05. The molecule has 0 aliphatic rings. The van der Waals surface area contributed by atoms with Crippen LogP contribution in [0.2, 0.25) is 0 Å². The van der Waals surface area contributed by atoms with Crippen LogP contribution in [-0.4, -0.2) is 18.5 Å². The third-order valence-corrected chi connectivity index (χ3v) is 3.91. The fourth-order valence-corrected chi connectivity index (χ4v) is 2.83. The zero-order chi connectivity index (χ0) is 12.8. The Morgan fingerprint density at radius 1 is 1.17 bits per heavy atom. The molecule has 2 aromatic rings. The van der Waals surface area contributed by atoms with Crippen LogP contribution in [0.3, 0.4) is 0 Å². The number of thiophene rings is 1.